The summed E-state index contributed by atoms with van der Waals surface area (Å²) in [7, 11) is -3.08. The Morgan fingerprint density at radius 1 is 1.14 bits per heavy atom. The lowest BCUT2D eigenvalue weighted by molar-refractivity contribution is 0.00578. The minimum Gasteiger partial charge on any atom is -0.296 e. The molecular weight excluding hydrogens is 199 g/mol. The summed E-state index contributed by atoms with van der Waals surface area (Å²) in [6, 6.07) is 0. The van der Waals surface area contributed by atoms with Crippen LogP contribution in [-0.2, 0) is 13.6 Å². The average Bonchev–Trinajstić information content (AvgIpc) is 2.13. The topological polar surface area (TPSA) is 35.5 Å². The smallest absolute Gasteiger partial charge is 0.296 e. The largest absolute Gasteiger partial charge is 0.355 e. The Morgan fingerprint density at radius 3 is 1.93 bits per heavy atom. The van der Waals surface area contributed by atoms with Crippen molar-refractivity contribution in [1.82, 2.24) is 0 Å². The molecule has 0 bridgehead atoms. The molecule has 1 aliphatic heterocycles. The number of hydrogen-bond donors (Lipinski definition) is 0. The first kappa shape index (κ1) is 11.7. The molecular formula is C10H17O3P. The summed E-state index contributed by atoms with van der Waals surface area (Å²) in [5.74, 6) is 1.44. The van der Waals surface area contributed by atoms with Crippen LogP contribution in [0.5, 0.6) is 0 Å². The van der Waals surface area contributed by atoms with E-state index in [-0.39, 0.29) is 0 Å². The van der Waals surface area contributed by atoms with E-state index in [0.29, 0.717) is 0 Å². The zero-order valence-corrected chi connectivity index (χ0v) is 10.0. The molecule has 4 heteroatoms. The molecule has 0 aromatic carbocycles. The molecule has 1 saturated heterocycles. The number of rotatable bonds is 2. The molecule has 0 aliphatic carbocycles. The zero-order valence-electron chi connectivity index (χ0n) is 9.11. The molecule has 0 aromatic rings. The molecule has 0 atom stereocenters. The van der Waals surface area contributed by atoms with Gasteiger partial charge in [-0.3, -0.25) is 13.6 Å². The minimum absolute atomic E-state index is 0.548. The van der Waals surface area contributed by atoms with Crippen molar-refractivity contribution < 1.29 is 13.6 Å². The van der Waals surface area contributed by atoms with E-state index >= 15 is 0 Å². The fraction of sp³-hybridized carbons (Fsp3) is 0.600. The molecule has 80 valence electrons. The second-order valence-electron chi connectivity index (χ2n) is 4.32. The summed E-state index contributed by atoms with van der Waals surface area (Å²) >= 11 is 0. The minimum atomic E-state index is -3.08. The van der Waals surface area contributed by atoms with E-state index in [1.54, 1.807) is 12.2 Å². The van der Waals surface area contributed by atoms with Gasteiger partial charge in [-0.05, 0) is 27.7 Å². The van der Waals surface area contributed by atoms with Crippen LogP contribution in [0.3, 0.4) is 0 Å². The Balaban J connectivity index is 2.97. The third kappa shape index (κ3) is 2.00. The van der Waals surface area contributed by atoms with E-state index in [0.717, 1.165) is 0 Å². The maximum atomic E-state index is 12.0. The second kappa shape index (κ2) is 3.34. The Kier molecular flexibility index (Phi) is 2.79. The normalized spacial score (nSPS) is 28.0. The third-order valence-electron chi connectivity index (χ3n) is 2.57. The first-order valence-corrected chi connectivity index (χ1v) is 6.15. The van der Waals surface area contributed by atoms with Gasteiger partial charge in [-0.1, -0.05) is 18.7 Å². The van der Waals surface area contributed by atoms with Crippen LogP contribution in [0.2, 0.25) is 0 Å². The summed E-state index contributed by atoms with van der Waals surface area (Å²) in [5.41, 5.74) is -1.10. The average molecular weight is 216 g/mol. The van der Waals surface area contributed by atoms with Gasteiger partial charge < -0.3 is 0 Å². The van der Waals surface area contributed by atoms with Crippen molar-refractivity contribution in [2.24, 2.45) is 0 Å². The molecule has 1 rings (SSSR count). The van der Waals surface area contributed by atoms with Gasteiger partial charge in [0.2, 0.25) is 0 Å². The predicted molar refractivity (Wildman–Crippen MR) is 57.3 cm³/mol. The molecule has 3 nitrogen and oxygen atoms in total. The lowest BCUT2D eigenvalue weighted by atomic mass is 9.90. The molecule has 0 radical (unpaired) electrons. The van der Waals surface area contributed by atoms with Crippen molar-refractivity contribution in [1.29, 1.82) is 0 Å². The van der Waals surface area contributed by atoms with Crippen LogP contribution in [0.1, 0.15) is 27.7 Å². The van der Waals surface area contributed by atoms with Gasteiger partial charge in [0.25, 0.3) is 0 Å². The predicted octanol–water partition coefficient (Wildman–Crippen LogP) is 3.48. The van der Waals surface area contributed by atoms with Crippen LogP contribution < -0.4 is 0 Å². The summed E-state index contributed by atoms with van der Waals surface area (Å²) in [4.78, 5) is 0. The van der Waals surface area contributed by atoms with Gasteiger partial charge in [-0.15, -0.1) is 0 Å². The molecule has 1 heterocycles. The Bertz CT molecular complexity index is 295. The highest BCUT2D eigenvalue weighted by atomic mass is 31.2. The van der Waals surface area contributed by atoms with Crippen molar-refractivity contribution >= 4 is 7.60 Å². The SMILES string of the molecule is C=C/C=C/P1(=O)OC(C)(C)C(C)(C)O1. The molecule has 0 aromatic heterocycles. The van der Waals surface area contributed by atoms with E-state index in [2.05, 4.69) is 6.58 Å². The third-order valence-corrected chi connectivity index (χ3v) is 4.52. The highest BCUT2D eigenvalue weighted by Gasteiger charge is 2.54. The first-order chi connectivity index (χ1) is 6.22. The van der Waals surface area contributed by atoms with Gasteiger partial charge in [0.15, 0.2) is 0 Å². The summed E-state index contributed by atoms with van der Waals surface area (Å²) in [5, 5.41) is 0. The van der Waals surface area contributed by atoms with Gasteiger partial charge in [-0.2, -0.15) is 0 Å². The van der Waals surface area contributed by atoms with Crippen LogP contribution in [0.25, 0.3) is 0 Å². The Labute approximate surface area is 85.3 Å². The second-order valence-corrected chi connectivity index (χ2v) is 6.06. The Hall–Kier alpha value is -0.370. The monoisotopic (exact) mass is 216 g/mol. The van der Waals surface area contributed by atoms with Gasteiger partial charge in [0, 0.05) is 5.82 Å². The van der Waals surface area contributed by atoms with Gasteiger partial charge in [0.1, 0.15) is 11.2 Å². The number of allylic oxidation sites excluding steroid dienone is 2. The lowest BCUT2D eigenvalue weighted by Crippen LogP contribution is -2.41. The molecule has 14 heavy (non-hydrogen) atoms. The fourth-order valence-electron chi connectivity index (χ4n) is 1.10. The van der Waals surface area contributed by atoms with E-state index in [1.165, 1.54) is 5.82 Å². The van der Waals surface area contributed by atoms with E-state index in [4.69, 9.17) is 9.05 Å². The van der Waals surface area contributed by atoms with Gasteiger partial charge in [0.05, 0.1) is 0 Å². The maximum absolute atomic E-state index is 12.0. The molecule has 0 N–H and O–H groups in total. The fourth-order valence-corrected chi connectivity index (χ4v) is 3.31. The highest BCUT2D eigenvalue weighted by Crippen LogP contribution is 2.64. The van der Waals surface area contributed by atoms with Gasteiger partial charge >= 0.3 is 7.60 Å². The van der Waals surface area contributed by atoms with Crippen LogP contribution in [0.4, 0.5) is 0 Å². The van der Waals surface area contributed by atoms with Crippen molar-refractivity contribution in [3.63, 3.8) is 0 Å². The quantitative estimate of drug-likeness (QED) is 0.523. The van der Waals surface area contributed by atoms with E-state index < -0.39 is 18.8 Å². The van der Waals surface area contributed by atoms with Crippen LogP contribution >= 0.6 is 7.60 Å². The van der Waals surface area contributed by atoms with Gasteiger partial charge in [-0.25, -0.2) is 0 Å². The van der Waals surface area contributed by atoms with Crippen molar-refractivity contribution in [2.75, 3.05) is 0 Å². The molecule has 1 fully saturated rings. The maximum Gasteiger partial charge on any atom is 0.355 e. The van der Waals surface area contributed by atoms with Crippen LogP contribution in [-0.4, -0.2) is 11.2 Å². The number of hydrogen-bond acceptors (Lipinski definition) is 3. The highest BCUT2D eigenvalue weighted by molar-refractivity contribution is 7.57. The zero-order chi connectivity index (χ0) is 11.0. The van der Waals surface area contributed by atoms with E-state index in [9.17, 15) is 4.57 Å². The standard InChI is InChI=1S/C10H17O3P/c1-6-7-8-14(11)12-9(2,3)10(4,5)13-14/h6-8H,1H2,2-5H3/b8-7+. The summed E-state index contributed by atoms with van der Waals surface area (Å²) < 4.78 is 22.9. The van der Waals surface area contributed by atoms with Crippen molar-refractivity contribution in [3.8, 4) is 0 Å². The first-order valence-electron chi connectivity index (χ1n) is 4.54. The van der Waals surface area contributed by atoms with E-state index in [1.807, 2.05) is 27.7 Å². The van der Waals surface area contributed by atoms with Crippen LogP contribution in [0, 0.1) is 0 Å². The van der Waals surface area contributed by atoms with Crippen molar-refractivity contribution in [2.45, 2.75) is 38.9 Å². The summed E-state index contributed by atoms with van der Waals surface area (Å²) in [6.45, 7) is 11.0. The Morgan fingerprint density at radius 2 is 1.57 bits per heavy atom. The lowest BCUT2D eigenvalue weighted by Gasteiger charge is -2.29. The summed E-state index contributed by atoms with van der Waals surface area (Å²) in [6.07, 6.45) is 3.13. The van der Waals surface area contributed by atoms with Crippen LogP contribution in [0.15, 0.2) is 24.5 Å². The molecule has 0 saturated carbocycles. The molecule has 1 aliphatic rings. The molecule has 0 amide bonds. The molecule has 0 unspecified atom stereocenters. The van der Waals surface area contributed by atoms with Crippen molar-refractivity contribution in [3.05, 3.63) is 24.5 Å². The molecule has 0 spiro atoms.